The number of hydrogen-bond donors (Lipinski definition) is 1. The van der Waals surface area contributed by atoms with E-state index in [9.17, 15) is 0 Å². The Labute approximate surface area is 82.1 Å². The highest BCUT2D eigenvalue weighted by Gasteiger charge is 2.53. The van der Waals surface area contributed by atoms with Crippen molar-refractivity contribution in [3.05, 3.63) is 0 Å². The van der Waals surface area contributed by atoms with E-state index in [1.54, 1.807) is 0 Å². The van der Waals surface area contributed by atoms with Gasteiger partial charge in [0.2, 0.25) is 0 Å². The Balaban J connectivity index is 1.93. The molecule has 2 fully saturated rings. The molecule has 0 aromatic rings. The lowest BCUT2D eigenvalue weighted by atomic mass is 9.75. The molecule has 13 heavy (non-hydrogen) atoms. The van der Waals surface area contributed by atoms with Crippen molar-refractivity contribution in [1.82, 2.24) is 0 Å². The van der Waals surface area contributed by atoms with E-state index in [1.807, 2.05) is 0 Å². The van der Waals surface area contributed by atoms with Crippen LogP contribution in [0.1, 0.15) is 52.4 Å². The molecule has 0 bridgehead atoms. The maximum absolute atomic E-state index is 6.38. The van der Waals surface area contributed by atoms with Gasteiger partial charge in [-0.2, -0.15) is 0 Å². The van der Waals surface area contributed by atoms with E-state index in [0.29, 0.717) is 0 Å². The summed E-state index contributed by atoms with van der Waals surface area (Å²) in [6.07, 6.45) is 8.34. The van der Waals surface area contributed by atoms with Gasteiger partial charge in [0.1, 0.15) is 0 Å². The molecule has 0 aliphatic heterocycles. The molecule has 2 aliphatic carbocycles. The highest BCUT2D eigenvalue weighted by Crippen LogP contribution is 2.52. The Morgan fingerprint density at radius 3 is 2.62 bits per heavy atom. The summed E-state index contributed by atoms with van der Waals surface area (Å²) < 4.78 is 0. The van der Waals surface area contributed by atoms with Crippen LogP contribution in [0, 0.1) is 17.8 Å². The van der Waals surface area contributed by atoms with Crippen LogP contribution in [0.15, 0.2) is 0 Å². The molecule has 1 nitrogen and oxygen atoms in total. The molecule has 0 spiro atoms. The Morgan fingerprint density at radius 2 is 2.08 bits per heavy atom. The van der Waals surface area contributed by atoms with E-state index >= 15 is 0 Å². The first-order valence-corrected chi connectivity index (χ1v) is 5.95. The Morgan fingerprint density at radius 1 is 1.38 bits per heavy atom. The Kier molecular flexibility index (Phi) is 2.39. The highest BCUT2D eigenvalue weighted by atomic mass is 14.9. The average Bonchev–Trinajstić information content (AvgIpc) is 2.77. The second-order valence-corrected chi connectivity index (χ2v) is 5.36. The topological polar surface area (TPSA) is 26.0 Å². The molecule has 0 aromatic heterocycles. The predicted octanol–water partition coefficient (Wildman–Crippen LogP) is 2.94. The maximum atomic E-state index is 6.38. The zero-order chi connectivity index (χ0) is 9.47. The molecule has 4 atom stereocenters. The lowest BCUT2D eigenvalue weighted by Gasteiger charge is -2.33. The molecule has 2 aliphatic rings. The van der Waals surface area contributed by atoms with Crippen molar-refractivity contribution < 1.29 is 0 Å². The number of nitrogens with two attached hydrogens (primary N) is 1. The molecule has 0 aromatic carbocycles. The maximum Gasteiger partial charge on any atom is 0.0212 e. The van der Waals surface area contributed by atoms with Gasteiger partial charge in [0.05, 0.1) is 0 Å². The van der Waals surface area contributed by atoms with Crippen LogP contribution >= 0.6 is 0 Å². The minimum Gasteiger partial charge on any atom is -0.325 e. The molecule has 1 heteroatoms. The average molecular weight is 181 g/mol. The summed E-state index contributed by atoms with van der Waals surface area (Å²) in [6.45, 7) is 4.64. The van der Waals surface area contributed by atoms with Crippen LogP contribution in [0.25, 0.3) is 0 Å². The Hall–Kier alpha value is -0.0400. The van der Waals surface area contributed by atoms with Gasteiger partial charge in [-0.05, 0) is 37.0 Å². The highest BCUT2D eigenvalue weighted by molar-refractivity contribution is 5.10. The zero-order valence-electron chi connectivity index (χ0n) is 9.05. The zero-order valence-corrected chi connectivity index (χ0v) is 9.05. The third kappa shape index (κ3) is 1.63. The molecule has 2 rings (SSSR count). The first-order valence-electron chi connectivity index (χ1n) is 5.95. The van der Waals surface area contributed by atoms with Crippen molar-refractivity contribution in [2.75, 3.05) is 0 Å². The van der Waals surface area contributed by atoms with Crippen LogP contribution in [0.4, 0.5) is 0 Å². The van der Waals surface area contributed by atoms with Crippen LogP contribution in [-0.4, -0.2) is 5.54 Å². The Bertz CT molecular complexity index is 190. The first-order chi connectivity index (χ1) is 6.16. The second-order valence-electron chi connectivity index (χ2n) is 5.36. The summed E-state index contributed by atoms with van der Waals surface area (Å²) >= 11 is 0. The van der Waals surface area contributed by atoms with E-state index < -0.39 is 0 Å². The van der Waals surface area contributed by atoms with Crippen molar-refractivity contribution in [3.8, 4) is 0 Å². The minimum atomic E-state index is 0.258. The molecule has 76 valence electrons. The van der Waals surface area contributed by atoms with Crippen molar-refractivity contribution in [3.63, 3.8) is 0 Å². The van der Waals surface area contributed by atoms with Gasteiger partial charge < -0.3 is 5.73 Å². The van der Waals surface area contributed by atoms with Crippen LogP contribution in [0.5, 0.6) is 0 Å². The van der Waals surface area contributed by atoms with E-state index in [2.05, 4.69) is 13.8 Å². The SMILES string of the molecule is CCC1CCCC(C2(N)CC2C)C1. The number of hydrogen-bond acceptors (Lipinski definition) is 1. The fraction of sp³-hybridized carbons (Fsp3) is 1.00. The molecular weight excluding hydrogens is 158 g/mol. The smallest absolute Gasteiger partial charge is 0.0212 e. The minimum absolute atomic E-state index is 0.258. The van der Waals surface area contributed by atoms with Crippen LogP contribution in [-0.2, 0) is 0 Å². The van der Waals surface area contributed by atoms with Crippen molar-refractivity contribution in [1.29, 1.82) is 0 Å². The van der Waals surface area contributed by atoms with Gasteiger partial charge in [-0.1, -0.05) is 33.1 Å². The largest absolute Gasteiger partial charge is 0.325 e. The summed E-state index contributed by atoms with van der Waals surface area (Å²) in [5.41, 5.74) is 6.64. The van der Waals surface area contributed by atoms with Crippen LogP contribution < -0.4 is 5.73 Å². The fourth-order valence-corrected chi connectivity index (χ4v) is 3.19. The summed E-state index contributed by atoms with van der Waals surface area (Å²) in [5, 5.41) is 0. The normalized spacial score (nSPS) is 50.5. The van der Waals surface area contributed by atoms with Gasteiger partial charge in [-0.3, -0.25) is 0 Å². The van der Waals surface area contributed by atoms with Crippen molar-refractivity contribution >= 4 is 0 Å². The summed E-state index contributed by atoms with van der Waals surface area (Å²) in [7, 11) is 0. The van der Waals surface area contributed by atoms with E-state index in [0.717, 1.165) is 17.8 Å². The standard InChI is InChI=1S/C12H23N/c1-3-10-5-4-6-11(7-10)12(13)8-9(12)2/h9-11H,3-8,13H2,1-2H3. The van der Waals surface area contributed by atoms with Gasteiger partial charge in [-0.15, -0.1) is 0 Å². The summed E-state index contributed by atoms with van der Waals surface area (Å²) in [4.78, 5) is 0. The summed E-state index contributed by atoms with van der Waals surface area (Å²) in [6, 6.07) is 0. The predicted molar refractivity (Wildman–Crippen MR) is 56.4 cm³/mol. The third-order valence-electron chi connectivity index (χ3n) is 4.54. The van der Waals surface area contributed by atoms with Crippen LogP contribution in [0.3, 0.4) is 0 Å². The molecule has 2 N–H and O–H groups in total. The van der Waals surface area contributed by atoms with Crippen LogP contribution in [0.2, 0.25) is 0 Å². The lowest BCUT2D eigenvalue weighted by molar-refractivity contribution is 0.212. The molecule has 0 amide bonds. The van der Waals surface area contributed by atoms with Gasteiger partial charge in [0, 0.05) is 5.54 Å². The molecule has 2 saturated carbocycles. The molecule has 0 heterocycles. The second kappa shape index (κ2) is 3.27. The van der Waals surface area contributed by atoms with Gasteiger partial charge in [0.25, 0.3) is 0 Å². The molecular formula is C12H23N. The molecule has 0 radical (unpaired) electrons. The van der Waals surface area contributed by atoms with Crippen molar-refractivity contribution in [2.24, 2.45) is 23.5 Å². The molecule has 0 saturated heterocycles. The van der Waals surface area contributed by atoms with Crippen molar-refractivity contribution in [2.45, 2.75) is 57.9 Å². The van der Waals surface area contributed by atoms with Gasteiger partial charge in [-0.25, -0.2) is 0 Å². The number of rotatable bonds is 2. The fourth-order valence-electron chi connectivity index (χ4n) is 3.19. The van der Waals surface area contributed by atoms with E-state index in [-0.39, 0.29) is 5.54 Å². The quantitative estimate of drug-likeness (QED) is 0.696. The molecule has 4 unspecified atom stereocenters. The van der Waals surface area contributed by atoms with Gasteiger partial charge in [0.15, 0.2) is 0 Å². The first kappa shape index (κ1) is 9.51. The lowest BCUT2D eigenvalue weighted by Crippen LogP contribution is -2.37. The van der Waals surface area contributed by atoms with Gasteiger partial charge >= 0.3 is 0 Å². The summed E-state index contributed by atoms with van der Waals surface area (Å²) in [5.74, 6) is 2.63. The third-order valence-corrected chi connectivity index (χ3v) is 4.54. The van der Waals surface area contributed by atoms with E-state index in [1.165, 1.54) is 38.5 Å². The van der Waals surface area contributed by atoms with E-state index in [4.69, 9.17) is 5.73 Å². The monoisotopic (exact) mass is 181 g/mol.